The molecule has 0 aliphatic heterocycles. The lowest BCUT2D eigenvalue weighted by atomic mass is 10.3. The molecule has 0 atom stereocenters. The van der Waals surface area contributed by atoms with Gasteiger partial charge in [0, 0.05) is 23.7 Å². The molecule has 1 aromatic carbocycles. The first-order chi connectivity index (χ1) is 8.60. The van der Waals surface area contributed by atoms with Crippen LogP contribution in [0.4, 0.5) is 0 Å². The fourth-order valence-corrected chi connectivity index (χ4v) is 2.15. The van der Waals surface area contributed by atoms with Gasteiger partial charge in [-0.2, -0.15) is 0 Å². The van der Waals surface area contributed by atoms with Gasteiger partial charge < -0.3 is 4.74 Å². The quantitative estimate of drug-likeness (QED) is 0.511. The second-order valence-electron chi connectivity index (χ2n) is 3.44. The molecular formula is C12H7BrCl3NO. The number of aromatic nitrogens is 1. The molecule has 2 nitrogen and oxygen atoms in total. The van der Waals surface area contributed by atoms with E-state index in [1.807, 2.05) is 6.07 Å². The summed E-state index contributed by atoms with van der Waals surface area (Å²) in [5.74, 6) is 0.866. The van der Waals surface area contributed by atoms with Crippen LogP contribution in [0, 0.1) is 0 Å². The van der Waals surface area contributed by atoms with E-state index >= 15 is 0 Å². The molecule has 2 aromatic rings. The van der Waals surface area contributed by atoms with Gasteiger partial charge in [-0.3, -0.25) is 0 Å². The van der Waals surface area contributed by atoms with Crippen molar-refractivity contribution in [2.75, 3.05) is 0 Å². The molecule has 2 rings (SSSR count). The molecule has 0 bridgehead atoms. The smallest absolute Gasteiger partial charge is 0.219 e. The van der Waals surface area contributed by atoms with Crippen molar-refractivity contribution in [2.24, 2.45) is 0 Å². The Labute approximate surface area is 128 Å². The van der Waals surface area contributed by atoms with Gasteiger partial charge in [0.05, 0.1) is 15.1 Å². The van der Waals surface area contributed by atoms with Gasteiger partial charge in [0.1, 0.15) is 5.75 Å². The van der Waals surface area contributed by atoms with E-state index in [-0.39, 0.29) is 0 Å². The lowest BCUT2D eigenvalue weighted by Gasteiger charge is -2.08. The Bertz CT molecular complexity index is 560. The van der Waals surface area contributed by atoms with Crippen molar-refractivity contribution in [3.8, 4) is 11.6 Å². The maximum Gasteiger partial charge on any atom is 0.219 e. The fourth-order valence-electron chi connectivity index (χ4n) is 1.25. The summed E-state index contributed by atoms with van der Waals surface area (Å²) in [6, 6.07) is 6.76. The first-order valence-corrected chi connectivity index (χ1v) is 7.19. The SMILES string of the molecule is Clc1cc(Cl)c(Oc2ccc(CBr)cn2)cc1Cl. The Hall–Kier alpha value is -0.480. The van der Waals surface area contributed by atoms with Gasteiger partial charge in [0.25, 0.3) is 0 Å². The zero-order valence-electron chi connectivity index (χ0n) is 8.96. The van der Waals surface area contributed by atoms with Crippen LogP contribution in [0.2, 0.25) is 15.1 Å². The number of ether oxygens (including phenoxy) is 1. The lowest BCUT2D eigenvalue weighted by molar-refractivity contribution is 0.463. The molecule has 0 radical (unpaired) electrons. The monoisotopic (exact) mass is 365 g/mol. The summed E-state index contributed by atoms with van der Waals surface area (Å²) in [7, 11) is 0. The van der Waals surface area contributed by atoms with Crippen molar-refractivity contribution >= 4 is 50.7 Å². The average molecular weight is 367 g/mol. The third-order valence-corrected chi connectivity index (χ3v) is 3.81. The van der Waals surface area contributed by atoms with E-state index in [0.717, 1.165) is 10.9 Å². The molecule has 0 spiro atoms. The largest absolute Gasteiger partial charge is 0.437 e. The predicted molar refractivity (Wildman–Crippen MR) is 78.4 cm³/mol. The molecule has 0 N–H and O–H groups in total. The second kappa shape index (κ2) is 6.11. The molecule has 0 fully saturated rings. The Morgan fingerprint density at radius 1 is 1.06 bits per heavy atom. The van der Waals surface area contributed by atoms with Crippen LogP contribution in [0.3, 0.4) is 0 Å². The number of halogens is 4. The Morgan fingerprint density at radius 3 is 2.39 bits per heavy atom. The fraction of sp³-hybridized carbons (Fsp3) is 0.0833. The van der Waals surface area contributed by atoms with E-state index in [1.54, 1.807) is 18.3 Å². The number of benzene rings is 1. The normalized spacial score (nSPS) is 10.4. The molecule has 6 heteroatoms. The predicted octanol–water partition coefficient (Wildman–Crippen LogP) is 5.73. The molecule has 0 saturated carbocycles. The van der Waals surface area contributed by atoms with Crippen molar-refractivity contribution in [2.45, 2.75) is 5.33 Å². The Kier molecular flexibility index (Phi) is 4.73. The molecule has 0 aliphatic carbocycles. The molecule has 1 heterocycles. The van der Waals surface area contributed by atoms with Crippen molar-refractivity contribution in [1.29, 1.82) is 0 Å². The first kappa shape index (κ1) is 13.9. The summed E-state index contributed by atoms with van der Waals surface area (Å²) in [6.45, 7) is 0. The highest BCUT2D eigenvalue weighted by atomic mass is 79.9. The van der Waals surface area contributed by atoms with Crippen LogP contribution < -0.4 is 4.74 Å². The van der Waals surface area contributed by atoms with Crippen LogP contribution >= 0.6 is 50.7 Å². The molecule has 0 unspecified atom stereocenters. The van der Waals surface area contributed by atoms with Crippen LogP contribution in [0.15, 0.2) is 30.5 Å². The summed E-state index contributed by atoms with van der Waals surface area (Å²) in [6.07, 6.45) is 1.72. The molecular weight excluding hydrogens is 360 g/mol. The summed E-state index contributed by atoms with van der Waals surface area (Å²) >= 11 is 21.1. The number of hydrogen-bond donors (Lipinski definition) is 0. The maximum absolute atomic E-state index is 6.01. The minimum atomic E-state index is 0.383. The molecule has 0 aliphatic rings. The average Bonchev–Trinajstić information content (AvgIpc) is 2.37. The highest BCUT2D eigenvalue weighted by Crippen LogP contribution is 2.35. The van der Waals surface area contributed by atoms with E-state index in [9.17, 15) is 0 Å². The van der Waals surface area contributed by atoms with Gasteiger partial charge in [-0.05, 0) is 11.6 Å². The summed E-state index contributed by atoms with van der Waals surface area (Å²) in [5, 5.41) is 1.90. The maximum atomic E-state index is 6.01. The van der Waals surface area contributed by atoms with Crippen LogP contribution in [0.25, 0.3) is 0 Å². The van der Waals surface area contributed by atoms with Gasteiger partial charge in [-0.15, -0.1) is 0 Å². The van der Waals surface area contributed by atoms with E-state index in [0.29, 0.717) is 26.7 Å². The van der Waals surface area contributed by atoms with Gasteiger partial charge in [-0.1, -0.05) is 56.8 Å². The number of alkyl halides is 1. The minimum Gasteiger partial charge on any atom is -0.437 e. The second-order valence-corrected chi connectivity index (χ2v) is 5.22. The zero-order chi connectivity index (χ0) is 13.1. The van der Waals surface area contributed by atoms with Crippen LogP contribution in [0.1, 0.15) is 5.56 Å². The Balaban J connectivity index is 2.25. The van der Waals surface area contributed by atoms with Gasteiger partial charge >= 0.3 is 0 Å². The Morgan fingerprint density at radius 2 is 1.78 bits per heavy atom. The number of pyridine rings is 1. The highest BCUT2D eigenvalue weighted by molar-refractivity contribution is 9.08. The molecule has 0 saturated heterocycles. The van der Waals surface area contributed by atoms with Gasteiger partial charge in [0.15, 0.2) is 0 Å². The van der Waals surface area contributed by atoms with Crippen LogP contribution in [0.5, 0.6) is 11.6 Å². The van der Waals surface area contributed by atoms with Gasteiger partial charge in [0.2, 0.25) is 5.88 Å². The van der Waals surface area contributed by atoms with E-state index in [4.69, 9.17) is 39.5 Å². The summed E-state index contributed by atoms with van der Waals surface area (Å²) in [4.78, 5) is 4.15. The highest BCUT2D eigenvalue weighted by Gasteiger charge is 2.08. The third-order valence-electron chi connectivity index (χ3n) is 2.14. The zero-order valence-corrected chi connectivity index (χ0v) is 12.8. The minimum absolute atomic E-state index is 0.383. The van der Waals surface area contributed by atoms with Crippen molar-refractivity contribution in [3.05, 3.63) is 51.1 Å². The van der Waals surface area contributed by atoms with E-state index in [2.05, 4.69) is 20.9 Å². The van der Waals surface area contributed by atoms with E-state index < -0.39 is 0 Å². The van der Waals surface area contributed by atoms with Crippen molar-refractivity contribution in [1.82, 2.24) is 4.98 Å². The number of rotatable bonds is 3. The van der Waals surface area contributed by atoms with Crippen molar-refractivity contribution < 1.29 is 4.74 Å². The first-order valence-electron chi connectivity index (χ1n) is 4.93. The third kappa shape index (κ3) is 3.29. The molecule has 18 heavy (non-hydrogen) atoms. The standard InChI is InChI=1S/C12H7BrCl3NO/c13-5-7-1-2-12(17-6-7)18-11-4-9(15)8(14)3-10(11)16/h1-4,6H,5H2. The van der Waals surface area contributed by atoms with Gasteiger partial charge in [-0.25, -0.2) is 4.98 Å². The van der Waals surface area contributed by atoms with Crippen molar-refractivity contribution in [3.63, 3.8) is 0 Å². The number of hydrogen-bond acceptors (Lipinski definition) is 2. The van der Waals surface area contributed by atoms with Crippen LogP contribution in [-0.4, -0.2) is 4.98 Å². The summed E-state index contributed by atoms with van der Waals surface area (Å²) in [5.41, 5.74) is 1.06. The van der Waals surface area contributed by atoms with Crippen LogP contribution in [-0.2, 0) is 5.33 Å². The molecule has 94 valence electrons. The summed E-state index contributed by atoms with van der Waals surface area (Å²) < 4.78 is 5.54. The topological polar surface area (TPSA) is 22.1 Å². The van der Waals surface area contributed by atoms with E-state index in [1.165, 1.54) is 6.07 Å². The number of nitrogens with zero attached hydrogens (tertiary/aromatic N) is 1. The molecule has 0 amide bonds. The molecule has 1 aromatic heterocycles. The lowest BCUT2D eigenvalue weighted by Crippen LogP contribution is -1.90.